The summed E-state index contributed by atoms with van der Waals surface area (Å²) >= 11 is 0. The topological polar surface area (TPSA) is 89.7 Å². The average molecular weight is 517 g/mol. The summed E-state index contributed by atoms with van der Waals surface area (Å²) in [7, 11) is 3.81. The molecule has 1 amide bonds. The Hall–Kier alpha value is -2.92. The Kier molecular flexibility index (Phi) is 17.7. The molecule has 1 fully saturated rings. The third kappa shape index (κ3) is 16.7. The second-order valence-corrected chi connectivity index (χ2v) is 7.81. The van der Waals surface area contributed by atoms with E-state index >= 15 is 0 Å². The lowest BCUT2D eigenvalue weighted by atomic mass is 9.97. The van der Waals surface area contributed by atoms with Crippen LogP contribution in [0.3, 0.4) is 0 Å². The van der Waals surface area contributed by atoms with E-state index in [9.17, 15) is 18.0 Å². The van der Waals surface area contributed by atoms with Gasteiger partial charge in [0, 0.05) is 19.6 Å². The van der Waals surface area contributed by atoms with E-state index in [1.807, 2.05) is 26.0 Å². The van der Waals surface area contributed by atoms with Crippen molar-refractivity contribution in [1.82, 2.24) is 15.1 Å². The summed E-state index contributed by atoms with van der Waals surface area (Å²) < 4.78 is 48.5. The number of piperidine rings is 1. The molecule has 1 aromatic heterocycles. The number of ether oxygens (including phenoxy) is 2. The number of amides is 1. The summed E-state index contributed by atoms with van der Waals surface area (Å²) in [5, 5.41) is 10.00. The van der Waals surface area contributed by atoms with E-state index in [-0.39, 0.29) is 11.8 Å². The van der Waals surface area contributed by atoms with Gasteiger partial charge in [-0.1, -0.05) is 41.9 Å². The van der Waals surface area contributed by atoms with Crippen molar-refractivity contribution >= 4 is 12.4 Å². The molecule has 1 aliphatic heterocycles. The lowest BCUT2D eigenvalue weighted by Crippen LogP contribution is -2.29. The maximum absolute atomic E-state index is 11.6. The lowest BCUT2D eigenvalue weighted by Gasteiger charge is -2.26. The first-order chi connectivity index (χ1) is 17.1. The number of carbonyl (C=O) groups is 1. The summed E-state index contributed by atoms with van der Waals surface area (Å²) in [6.07, 6.45) is 3.11. The summed E-state index contributed by atoms with van der Waals surface area (Å²) in [4.78, 5) is 12.4. The zero-order valence-corrected chi connectivity index (χ0v) is 22.0. The van der Waals surface area contributed by atoms with Gasteiger partial charge >= 0.3 is 12.4 Å². The molecular formula is C25H39F3N4O4. The highest BCUT2D eigenvalue weighted by molar-refractivity contribution is 5.65. The molecule has 1 N–H and O–H groups in total. The van der Waals surface area contributed by atoms with Gasteiger partial charge in [0.2, 0.25) is 12.3 Å². The highest BCUT2D eigenvalue weighted by atomic mass is 19.4. The Morgan fingerprint density at radius 3 is 2.14 bits per heavy atom. The number of methoxy groups -OCH3 is 1. The van der Waals surface area contributed by atoms with Crippen LogP contribution in [0.15, 0.2) is 40.8 Å². The predicted octanol–water partition coefficient (Wildman–Crippen LogP) is 5.97. The second kappa shape index (κ2) is 19.3. The largest absolute Gasteiger partial charge is 0.573 e. The molecule has 1 saturated heterocycles. The number of hydrogen-bond acceptors (Lipinski definition) is 7. The molecule has 0 aliphatic carbocycles. The second-order valence-electron chi connectivity index (χ2n) is 7.81. The summed E-state index contributed by atoms with van der Waals surface area (Å²) in [6.45, 7) is 10.9. The number of anilines is 1. The lowest BCUT2D eigenvalue weighted by molar-refractivity contribution is -0.274. The number of hydrogen-bond donors (Lipinski definition) is 1. The molecule has 0 atom stereocenters. The van der Waals surface area contributed by atoms with Gasteiger partial charge in [-0.15, -0.1) is 18.3 Å². The van der Waals surface area contributed by atoms with E-state index in [0.29, 0.717) is 18.2 Å². The van der Waals surface area contributed by atoms with E-state index < -0.39 is 6.36 Å². The zero-order valence-electron chi connectivity index (χ0n) is 22.0. The molecule has 2 aromatic rings. The average Bonchev–Trinajstić information content (AvgIpc) is 3.31. The zero-order chi connectivity index (χ0) is 27.4. The van der Waals surface area contributed by atoms with E-state index in [1.165, 1.54) is 12.1 Å². The van der Waals surface area contributed by atoms with E-state index in [1.54, 1.807) is 26.2 Å². The first kappa shape index (κ1) is 33.1. The fraction of sp³-hybridized carbons (Fsp3) is 0.560. The number of rotatable bonds is 6. The Labute approximate surface area is 211 Å². The monoisotopic (exact) mass is 516 g/mol. The van der Waals surface area contributed by atoms with Crippen molar-refractivity contribution in [2.75, 3.05) is 39.2 Å². The van der Waals surface area contributed by atoms with Crippen LogP contribution in [0.1, 0.15) is 57.4 Å². The van der Waals surface area contributed by atoms with Gasteiger partial charge in [-0.05, 0) is 72.3 Å². The quantitative estimate of drug-likeness (QED) is 0.374. The number of benzene rings is 1. The number of carbonyl (C=O) groups excluding carboxylic acids is 1. The molecule has 204 valence electrons. The molecule has 0 radical (unpaired) electrons. The van der Waals surface area contributed by atoms with E-state index in [4.69, 9.17) is 9.15 Å². The number of likely N-dealkylation sites (tertiary alicyclic amines) is 1. The van der Waals surface area contributed by atoms with Crippen molar-refractivity contribution in [1.29, 1.82) is 0 Å². The Balaban J connectivity index is 0.000000520. The Bertz CT molecular complexity index is 829. The first-order valence-corrected chi connectivity index (χ1v) is 11.7. The normalized spacial score (nSPS) is 13.9. The fourth-order valence-electron chi connectivity index (χ4n) is 2.71. The number of allylic oxidation sites excluding steroid dienone is 2. The molecule has 3 rings (SSSR count). The van der Waals surface area contributed by atoms with Crippen molar-refractivity contribution < 1.29 is 31.9 Å². The molecule has 11 heteroatoms. The van der Waals surface area contributed by atoms with Gasteiger partial charge in [0.25, 0.3) is 0 Å². The van der Waals surface area contributed by atoms with Gasteiger partial charge in [0.1, 0.15) is 5.75 Å². The minimum Gasteiger partial charge on any atom is -0.408 e. The molecule has 2 heterocycles. The molecular weight excluding hydrogens is 477 g/mol. The van der Waals surface area contributed by atoms with Crippen LogP contribution in [0.4, 0.5) is 19.2 Å². The minimum absolute atomic E-state index is 0.180. The first-order valence-electron chi connectivity index (χ1n) is 11.7. The SMILES string of the molecule is C/C=C\C.CCCOC.CN1CCC(c2nnc(NC=O)o2)CC1.Cc1ccc(OC(F)(F)F)cc1. The van der Waals surface area contributed by atoms with E-state index in [2.05, 4.69) is 39.1 Å². The van der Waals surface area contributed by atoms with Gasteiger partial charge in [0.05, 0.1) is 0 Å². The van der Waals surface area contributed by atoms with Crippen LogP contribution in [-0.4, -0.2) is 61.7 Å². The van der Waals surface area contributed by atoms with Crippen LogP contribution in [0.25, 0.3) is 0 Å². The van der Waals surface area contributed by atoms with Crippen LogP contribution in [0, 0.1) is 6.92 Å². The van der Waals surface area contributed by atoms with Crippen LogP contribution in [-0.2, 0) is 9.53 Å². The number of nitrogens with one attached hydrogen (secondary N) is 1. The predicted molar refractivity (Wildman–Crippen MR) is 134 cm³/mol. The maximum Gasteiger partial charge on any atom is 0.573 e. The van der Waals surface area contributed by atoms with Gasteiger partial charge in [0.15, 0.2) is 0 Å². The molecule has 0 bridgehead atoms. The highest BCUT2D eigenvalue weighted by Gasteiger charge is 2.30. The number of aryl methyl sites for hydroxylation is 1. The summed E-state index contributed by atoms with van der Waals surface area (Å²) in [6, 6.07) is 5.85. The number of alkyl halides is 3. The number of aromatic nitrogens is 2. The molecule has 1 aliphatic rings. The van der Waals surface area contributed by atoms with Gasteiger partial charge in [-0.3, -0.25) is 10.1 Å². The maximum atomic E-state index is 11.6. The summed E-state index contributed by atoms with van der Waals surface area (Å²) in [5.41, 5.74) is 0.893. The third-order valence-corrected chi connectivity index (χ3v) is 4.69. The van der Waals surface area contributed by atoms with Gasteiger partial charge < -0.3 is 18.8 Å². The van der Waals surface area contributed by atoms with Crippen molar-refractivity contribution in [3.8, 4) is 5.75 Å². The van der Waals surface area contributed by atoms with Crippen LogP contribution < -0.4 is 10.1 Å². The number of halogens is 3. The van der Waals surface area contributed by atoms with Crippen LogP contribution >= 0.6 is 0 Å². The van der Waals surface area contributed by atoms with E-state index in [0.717, 1.165) is 44.5 Å². The molecule has 0 unspecified atom stereocenters. The molecule has 36 heavy (non-hydrogen) atoms. The van der Waals surface area contributed by atoms with Crippen molar-refractivity contribution in [2.45, 2.75) is 59.2 Å². The van der Waals surface area contributed by atoms with Gasteiger partial charge in [-0.2, -0.15) is 0 Å². The fourth-order valence-corrected chi connectivity index (χ4v) is 2.71. The van der Waals surface area contributed by atoms with Crippen molar-refractivity contribution in [3.63, 3.8) is 0 Å². The smallest absolute Gasteiger partial charge is 0.408 e. The standard InChI is InChI=1S/C9H14N4O2.C8H7F3O.C4H10O.C4H8/c1-13-4-2-7(3-5-13)8-11-12-9(15-8)10-6-14;1-6-2-4-7(5-3-6)12-8(9,10)11;1-3-4-5-2;1-3-4-2/h6-7H,2-5H2,1H3,(H,10,12,14);2-5H,1H3;3-4H2,1-2H3;3-4H,1-2H3/b;;;4-3-. The molecule has 8 nitrogen and oxygen atoms in total. The minimum atomic E-state index is -4.60. The number of nitrogens with zero attached hydrogens (tertiary/aromatic N) is 3. The molecule has 1 aromatic carbocycles. The highest BCUT2D eigenvalue weighted by Crippen LogP contribution is 2.27. The van der Waals surface area contributed by atoms with Crippen molar-refractivity contribution in [2.24, 2.45) is 0 Å². The van der Waals surface area contributed by atoms with Gasteiger partial charge in [-0.25, -0.2) is 0 Å². The Morgan fingerprint density at radius 1 is 1.14 bits per heavy atom. The third-order valence-electron chi connectivity index (χ3n) is 4.69. The summed E-state index contributed by atoms with van der Waals surface area (Å²) in [5.74, 6) is 0.774. The van der Waals surface area contributed by atoms with Crippen LogP contribution in [0.5, 0.6) is 5.75 Å². The van der Waals surface area contributed by atoms with Crippen LogP contribution in [0.2, 0.25) is 0 Å². The van der Waals surface area contributed by atoms with Crippen molar-refractivity contribution in [3.05, 3.63) is 47.9 Å². The molecule has 0 spiro atoms. The molecule has 0 saturated carbocycles. The Morgan fingerprint density at radius 2 is 1.72 bits per heavy atom.